The van der Waals surface area contributed by atoms with Crippen molar-refractivity contribution < 1.29 is 8.42 Å². The monoisotopic (exact) mass is 267 g/mol. The number of aryl methyl sites for hydroxylation is 1. The number of halogens is 2. The van der Waals surface area contributed by atoms with Crippen molar-refractivity contribution in [2.24, 2.45) is 0 Å². The molecule has 0 heterocycles. The van der Waals surface area contributed by atoms with Crippen molar-refractivity contribution in [2.45, 2.75) is 13.8 Å². The van der Waals surface area contributed by atoms with Gasteiger partial charge in [0.2, 0.25) is 10.0 Å². The quantitative estimate of drug-likeness (QED) is 0.915. The Hall–Kier alpha value is -0.450. The number of rotatable bonds is 3. The summed E-state index contributed by atoms with van der Waals surface area (Å²) in [5, 5.41) is 0.821. The number of sulfonamides is 1. The van der Waals surface area contributed by atoms with E-state index in [1.54, 1.807) is 19.9 Å². The Morgan fingerprint density at radius 2 is 1.87 bits per heavy atom. The summed E-state index contributed by atoms with van der Waals surface area (Å²) in [5.41, 5.74) is 1.12. The number of anilines is 1. The smallest absolute Gasteiger partial charge is 0.232 e. The van der Waals surface area contributed by atoms with E-state index in [0.29, 0.717) is 15.7 Å². The molecule has 0 aliphatic heterocycles. The second-order valence-electron chi connectivity index (χ2n) is 3.09. The predicted octanol–water partition coefficient (Wildman–Crippen LogP) is 3.06. The molecular formula is C9H11Cl2NO2S. The number of benzene rings is 1. The molecule has 0 aromatic heterocycles. The zero-order valence-corrected chi connectivity index (χ0v) is 10.7. The normalized spacial score (nSPS) is 11.5. The minimum Gasteiger partial charge on any atom is -0.282 e. The summed E-state index contributed by atoms with van der Waals surface area (Å²) >= 11 is 11.7. The highest BCUT2D eigenvalue weighted by Crippen LogP contribution is 2.29. The fourth-order valence-electron chi connectivity index (χ4n) is 0.964. The summed E-state index contributed by atoms with van der Waals surface area (Å²) < 4.78 is 25.0. The molecule has 0 amide bonds. The SMILES string of the molecule is CCS(=O)(=O)Nc1cc(Cl)c(C)cc1Cl. The van der Waals surface area contributed by atoms with Gasteiger partial charge in [0.05, 0.1) is 16.5 Å². The summed E-state index contributed by atoms with van der Waals surface area (Å²) in [6.07, 6.45) is 0. The predicted molar refractivity (Wildman–Crippen MR) is 64.3 cm³/mol. The summed E-state index contributed by atoms with van der Waals surface area (Å²) in [6, 6.07) is 3.13. The van der Waals surface area contributed by atoms with Crippen molar-refractivity contribution in [3.8, 4) is 0 Å². The average molecular weight is 268 g/mol. The zero-order chi connectivity index (χ0) is 11.6. The van der Waals surface area contributed by atoms with Crippen molar-refractivity contribution in [1.82, 2.24) is 0 Å². The summed E-state index contributed by atoms with van der Waals surface area (Å²) in [7, 11) is -3.32. The Morgan fingerprint density at radius 3 is 2.40 bits per heavy atom. The van der Waals surface area contributed by atoms with E-state index >= 15 is 0 Å². The molecule has 1 N–H and O–H groups in total. The molecular weight excluding hydrogens is 257 g/mol. The molecule has 15 heavy (non-hydrogen) atoms. The van der Waals surface area contributed by atoms with Crippen LogP contribution in [-0.4, -0.2) is 14.2 Å². The van der Waals surface area contributed by atoms with Crippen LogP contribution in [0.25, 0.3) is 0 Å². The lowest BCUT2D eigenvalue weighted by molar-refractivity contribution is 0.602. The van der Waals surface area contributed by atoms with Gasteiger partial charge in [-0.3, -0.25) is 4.72 Å². The zero-order valence-electron chi connectivity index (χ0n) is 8.34. The van der Waals surface area contributed by atoms with Gasteiger partial charge in [0, 0.05) is 5.02 Å². The van der Waals surface area contributed by atoms with Gasteiger partial charge in [-0.1, -0.05) is 23.2 Å². The Kier molecular flexibility index (Phi) is 3.87. The van der Waals surface area contributed by atoms with Gasteiger partial charge in [-0.25, -0.2) is 8.42 Å². The van der Waals surface area contributed by atoms with Gasteiger partial charge < -0.3 is 0 Å². The number of hydrogen-bond donors (Lipinski definition) is 1. The van der Waals surface area contributed by atoms with E-state index < -0.39 is 10.0 Å². The van der Waals surface area contributed by atoms with Crippen LogP contribution in [0.3, 0.4) is 0 Å². The van der Waals surface area contributed by atoms with Crippen LogP contribution in [-0.2, 0) is 10.0 Å². The highest BCUT2D eigenvalue weighted by Gasteiger charge is 2.11. The van der Waals surface area contributed by atoms with Crippen LogP contribution in [0.4, 0.5) is 5.69 Å². The lowest BCUT2D eigenvalue weighted by Gasteiger charge is -2.09. The van der Waals surface area contributed by atoms with E-state index in [2.05, 4.69) is 4.72 Å². The number of hydrogen-bond acceptors (Lipinski definition) is 2. The molecule has 84 valence electrons. The molecule has 0 radical (unpaired) electrons. The van der Waals surface area contributed by atoms with Gasteiger partial charge in [0.1, 0.15) is 0 Å². The fourth-order valence-corrected chi connectivity index (χ4v) is 2.10. The lowest BCUT2D eigenvalue weighted by atomic mass is 10.2. The van der Waals surface area contributed by atoms with Crippen molar-refractivity contribution >= 4 is 38.9 Å². The summed E-state index contributed by atoms with van der Waals surface area (Å²) in [6.45, 7) is 3.35. The van der Waals surface area contributed by atoms with Gasteiger partial charge in [-0.2, -0.15) is 0 Å². The molecule has 1 aromatic rings. The Bertz CT molecular complexity index is 471. The maximum Gasteiger partial charge on any atom is 0.232 e. The Labute approximate surface area is 99.4 Å². The van der Waals surface area contributed by atoms with Crippen LogP contribution in [0.5, 0.6) is 0 Å². The van der Waals surface area contributed by atoms with E-state index in [0.717, 1.165) is 5.56 Å². The molecule has 0 saturated carbocycles. The lowest BCUT2D eigenvalue weighted by Crippen LogP contribution is -2.14. The Morgan fingerprint density at radius 1 is 1.27 bits per heavy atom. The molecule has 0 atom stereocenters. The van der Waals surface area contributed by atoms with Crippen molar-refractivity contribution in [3.05, 3.63) is 27.7 Å². The fraction of sp³-hybridized carbons (Fsp3) is 0.333. The first-order valence-corrected chi connectivity index (χ1v) is 6.72. The first-order chi connectivity index (χ1) is 6.85. The van der Waals surface area contributed by atoms with Crippen LogP contribution >= 0.6 is 23.2 Å². The van der Waals surface area contributed by atoms with E-state index in [9.17, 15) is 8.42 Å². The topological polar surface area (TPSA) is 46.2 Å². The van der Waals surface area contributed by atoms with Crippen LogP contribution in [0.2, 0.25) is 10.0 Å². The third kappa shape index (κ3) is 3.26. The maximum absolute atomic E-state index is 11.3. The van der Waals surface area contributed by atoms with Crippen LogP contribution in [0, 0.1) is 6.92 Å². The van der Waals surface area contributed by atoms with Gasteiger partial charge in [0.15, 0.2) is 0 Å². The minimum atomic E-state index is -3.32. The number of nitrogens with one attached hydrogen (secondary N) is 1. The van der Waals surface area contributed by atoms with E-state index in [-0.39, 0.29) is 5.75 Å². The molecule has 0 spiro atoms. The average Bonchev–Trinajstić information content (AvgIpc) is 2.14. The molecule has 0 aliphatic rings. The molecule has 6 heteroatoms. The summed E-state index contributed by atoms with van der Waals surface area (Å²) in [5.74, 6) is -0.00513. The highest BCUT2D eigenvalue weighted by molar-refractivity contribution is 7.92. The molecule has 0 aliphatic carbocycles. The molecule has 0 unspecified atom stereocenters. The first kappa shape index (κ1) is 12.6. The standard InChI is InChI=1S/C9H11Cl2NO2S/c1-3-15(13,14)12-9-5-7(10)6(2)4-8(9)11/h4-5,12H,3H2,1-2H3. The van der Waals surface area contributed by atoms with Gasteiger partial charge >= 0.3 is 0 Å². The molecule has 0 saturated heterocycles. The third-order valence-electron chi connectivity index (χ3n) is 1.89. The Balaban J connectivity index is 3.12. The maximum atomic E-state index is 11.3. The second-order valence-corrected chi connectivity index (χ2v) is 5.91. The van der Waals surface area contributed by atoms with E-state index in [1.807, 2.05) is 0 Å². The van der Waals surface area contributed by atoms with E-state index in [1.165, 1.54) is 6.07 Å². The summed E-state index contributed by atoms with van der Waals surface area (Å²) in [4.78, 5) is 0. The molecule has 0 bridgehead atoms. The minimum absolute atomic E-state index is 0.00513. The molecule has 0 fully saturated rings. The third-order valence-corrected chi connectivity index (χ3v) is 3.90. The van der Waals surface area contributed by atoms with Crippen LogP contribution in [0.1, 0.15) is 12.5 Å². The second kappa shape index (κ2) is 4.60. The van der Waals surface area contributed by atoms with Crippen LogP contribution < -0.4 is 4.72 Å². The van der Waals surface area contributed by atoms with Crippen molar-refractivity contribution in [3.63, 3.8) is 0 Å². The highest BCUT2D eigenvalue weighted by atomic mass is 35.5. The van der Waals surface area contributed by atoms with Gasteiger partial charge in [-0.05, 0) is 31.5 Å². The largest absolute Gasteiger partial charge is 0.282 e. The molecule has 1 rings (SSSR count). The van der Waals surface area contributed by atoms with Gasteiger partial charge in [0.25, 0.3) is 0 Å². The van der Waals surface area contributed by atoms with E-state index in [4.69, 9.17) is 23.2 Å². The van der Waals surface area contributed by atoms with Crippen molar-refractivity contribution in [2.75, 3.05) is 10.5 Å². The first-order valence-electron chi connectivity index (χ1n) is 4.32. The van der Waals surface area contributed by atoms with Crippen molar-refractivity contribution in [1.29, 1.82) is 0 Å². The van der Waals surface area contributed by atoms with Crippen LogP contribution in [0.15, 0.2) is 12.1 Å². The molecule has 3 nitrogen and oxygen atoms in total. The van der Waals surface area contributed by atoms with Gasteiger partial charge in [-0.15, -0.1) is 0 Å². The molecule has 1 aromatic carbocycles.